The van der Waals surface area contributed by atoms with Crippen molar-refractivity contribution in [1.82, 2.24) is 0 Å². The molecule has 94 valence electrons. The summed E-state index contributed by atoms with van der Waals surface area (Å²) in [5.41, 5.74) is 0.751. The molecular weight excluding hydrogens is 246 g/mol. The van der Waals surface area contributed by atoms with Crippen LogP contribution in [-0.4, -0.2) is 5.91 Å². The Morgan fingerprint density at radius 1 is 1.17 bits per heavy atom. The lowest BCUT2D eigenvalue weighted by atomic mass is 10.0. The van der Waals surface area contributed by atoms with Crippen molar-refractivity contribution < 1.29 is 4.79 Å². The third kappa shape index (κ3) is 1.45. The second kappa shape index (κ2) is 3.74. The van der Waals surface area contributed by atoms with Crippen molar-refractivity contribution in [2.24, 2.45) is 29.6 Å². The van der Waals surface area contributed by atoms with E-state index < -0.39 is 0 Å². The van der Waals surface area contributed by atoms with Crippen LogP contribution in [0.15, 0.2) is 24.3 Å². The topological polar surface area (TPSA) is 29.1 Å². The zero-order valence-corrected chi connectivity index (χ0v) is 10.9. The van der Waals surface area contributed by atoms with Gasteiger partial charge in [0.2, 0.25) is 5.91 Å². The normalized spacial score (nSPS) is 39.5. The lowest BCUT2D eigenvalue weighted by Gasteiger charge is -2.10. The average molecular weight is 262 g/mol. The van der Waals surface area contributed by atoms with Crippen molar-refractivity contribution in [3.63, 3.8) is 0 Å². The Bertz CT molecular complexity index is 499. The van der Waals surface area contributed by atoms with Crippen molar-refractivity contribution in [2.45, 2.75) is 19.3 Å². The molecule has 18 heavy (non-hydrogen) atoms. The molecule has 0 spiro atoms. The maximum Gasteiger partial charge on any atom is 0.228 e. The quantitative estimate of drug-likeness (QED) is 0.866. The highest BCUT2D eigenvalue weighted by molar-refractivity contribution is 6.33. The first-order chi connectivity index (χ1) is 8.75. The SMILES string of the molecule is O=C(Nc1ccccc1Cl)C1C2C3CCC(C3)C12. The van der Waals surface area contributed by atoms with E-state index in [2.05, 4.69) is 5.32 Å². The molecule has 3 heteroatoms. The predicted octanol–water partition coefficient (Wildman–Crippen LogP) is 3.57. The van der Waals surface area contributed by atoms with Gasteiger partial charge in [0.15, 0.2) is 0 Å². The number of carbonyl (C=O) groups excluding carboxylic acids is 1. The zero-order valence-electron chi connectivity index (χ0n) is 10.1. The van der Waals surface area contributed by atoms with Crippen LogP contribution in [0.5, 0.6) is 0 Å². The first-order valence-corrected chi connectivity index (χ1v) is 7.19. The van der Waals surface area contributed by atoms with Crippen LogP contribution in [0.4, 0.5) is 5.69 Å². The molecule has 4 rings (SSSR count). The molecule has 4 unspecified atom stereocenters. The van der Waals surface area contributed by atoms with Gasteiger partial charge in [0.1, 0.15) is 0 Å². The van der Waals surface area contributed by atoms with Gasteiger partial charge in [0.05, 0.1) is 10.7 Å². The molecule has 3 saturated carbocycles. The number of fused-ring (bicyclic) bond motifs is 5. The molecule has 0 aliphatic heterocycles. The van der Waals surface area contributed by atoms with Gasteiger partial charge >= 0.3 is 0 Å². The van der Waals surface area contributed by atoms with E-state index in [-0.39, 0.29) is 11.8 Å². The van der Waals surface area contributed by atoms with E-state index in [0.717, 1.165) is 17.5 Å². The van der Waals surface area contributed by atoms with E-state index in [1.807, 2.05) is 24.3 Å². The fraction of sp³-hybridized carbons (Fsp3) is 0.533. The smallest absolute Gasteiger partial charge is 0.228 e. The Morgan fingerprint density at radius 2 is 1.83 bits per heavy atom. The lowest BCUT2D eigenvalue weighted by Crippen LogP contribution is -2.18. The number of hydrogen-bond acceptors (Lipinski definition) is 1. The van der Waals surface area contributed by atoms with Crippen LogP contribution >= 0.6 is 11.6 Å². The molecule has 1 amide bonds. The number of nitrogens with one attached hydrogen (secondary N) is 1. The van der Waals surface area contributed by atoms with E-state index in [9.17, 15) is 4.79 Å². The standard InChI is InChI=1S/C15H16ClNO/c16-10-3-1-2-4-11(10)17-15(18)14-12-8-5-6-9(7-8)13(12)14/h1-4,8-9,12-14H,5-7H2,(H,17,18). The van der Waals surface area contributed by atoms with Crippen molar-refractivity contribution in [2.75, 3.05) is 5.32 Å². The largest absolute Gasteiger partial charge is 0.325 e. The Kier molecular flexibility index (Phi) is 2.25. The first-order valence-electron chi connectivity index (χ1n) is 6.81. The number of rotatable bonds is 2. The maximum absolute atomic E-state index is 12.3. The van der Waals surface area contributed by atoms with Crippen LogP contribution in [0.2, 0.25) is 5.02 Å². The fourth-order valence-electron chi connectivity index (χ4n) is 4.45. The molecule has 0 aromatic heterocycles. The Labute approximate surface area is 112 Å². The molecule has 2 nitrogen and oxygen atoms in total. The minimum atomic E-state index is 0.190. The van der Waals surface area contributed by atoms with Gasteiger partial charge in [-0.2, -0.15) is 0 Å². The molecule has 0 saturated heterocycles. The van der Waals surface area contributed by atoms with Gasteiger partial charge < -0.3 is 5.32 Å². The lowest BCUT2D eigenvalue weighted by molar-refractivity contribution is -0.118. The molecule has 2 bridgehead atoms. The summed E-state index contributed by atoms with van der Waals surface area (Å²) in [6.07, 6.45) is 4.08. The number of amides is 1. The summed E-state index contributed by atoms with van der Waals surface area (Å²) >= 11 is 6.07. The minimum Gasteiger partial charge on any atom is -0.325 e. The van der Waals surface area contributed by atoms with Gasteiger partial charge in [-0.15, -0.1) is 0 Å². The minimum absolute atomic E-state index is 0.190. The van der Waals surface area contributed by atoms with Crippen molar-refractivity contribution in [3.05, 3.63) is 29.3 Å². The van der Waals surface area contributed by atoms with Gasteiger partial charge in [-0.25, -0.2) is 0 Å². The van der Waals surface area contributed by atoms with Crippen molar-refractivity contribution in [1.29, 1.82) is 0 Å². The molecule has 1 aromatic carbocycles. The highest BCUT2D eigenvalue weighted by atomic mass is 35.5. The Morgan fingerprint density at radius 3 is 2.50 bits per heavy atom. The number of para-hydroxylation sites is 1. The van der Waals surface area contributed by atoms with Crippen LogP contribution in [0.3, 0.4) is 0 Å². The monoisotopic (exact) mass is 261 g/mol. The Balaban J connectivity index is 1.48. The number of benzene rings is 1. The number of hydrogen-bond donors (Lipinski definition) is 1. The van der Waals surface area contributed by atoms with Gasteiger partial charge in [0, 0.05) is 5.92 Å². The molecular formula is C15H16ClNO. The summed E-state index contributed by atoms with van der Waals surface area (Å²) in [4.78, 5) is 12.3. The average Bonchev–Trinajstić information content (AvgIpc) is 2.82. The molecule has 3 aliphatic carbocycles. The molecule has 0 radical (unpaired) electrons. The third-order valence-electron chi connectivity index (χ3n) is 5.17. The molecule has 3 fully saturated rings. The summed E-state index contributed by atoms with van der Waals surface area (Å²) in [7, 11) is 0. The van der Waals surface area contributed by atoms with Gasteiger partial charge in [0.25, 0.3) is 0 Å². The second-order valence-corrected chi connectivity index (χ2v) is 6.39. The second-order valence-electron chi connectivity index (χ2n) is 5.98. The van der Waals surface area contributed by atoms with E-state index >= 15 is 0 Å². The van der Waals surface area contributed by atoms with E-state index in [4.69, 9.17) is 11.6 Å². The summed E-state index contributed by atoms with van der Waals surface area (Å²) < 4.78 is 0. The van der Waals surface area contributed by atoms with E-state index in [0.29, 0.717) is 16.9 Å². The zero-order chi connectivity index (χ0) is 12.3. The summed E-state index contributed by atoms with van der Waals surface area (Å²) in [5.74, 6) is 3.50. The van der Waals surface area contributed by atoms with Crippen molar-refractivity contribution in [3.8, 4) is 0 Å². The molecule has 1 aromatic rings. The molecule has 1 N–H and O–H groups in total. The summed E-state index contributed by atoms with van der Waals surface area (Å²) in [6.45, 7) is 0. The number of carbonyl (C=O) groups is 1. The van der Waals surface area contributed by atoms with Crippen LogP contribution in [0.1, 0.15) is 19.3 Å². The highest BCUT2D eigenvalue weighted by Gasteiger charge is 2.67. The van der Waals surface area contributed by atoms with E-state index in [1.165, 1.54) is 19.3 Å². The first kappa shape index (κ1) is 10.9. The Hall–Kier alpha value is -1.02. The molecule has 0 heterocycles. The van der Waals surface area contributed by atoms with Crippen molar-refractivity contribution >= 4 is 23.2 Å². The number of halogens is 1. The highest BCUT2D eigenvalue weighted by Crippen LogP contribution is 2.69. The third-order valence-corrected chi connectivity index (χ3v) is 5.50. The number of anilines is 1. The fourth-order valence-corrected chi connectivity index (χ4v) is 4.64. The molecule has 3 aliphatic rings. The van der Waals surface area contributed by atoms with Crippen LogP contribution < -0.4 is 5.32 Å². The van der Waals surface area contributed by atoms with Crippen LogP contribution in [0, 0.1) is 29.6 Å². The van der Waals surface area contributed by atoms with Crippen LogP contribution in [0.25, 0.3) is 0 Å². The summed E-state index contributed by atoms with van der Waals surface area (Å²) in [5, 5.41) is 3.62. The predicted molar refractivity (Wildman–Crippen MR) is 71.4 cm³/mol. The van der Waals surface area contributed by atoms with Gasteiger partial charge in [-0.3, -0.25) is 4.79 Å². The maximum atomic E-state index is 12.3. The van der Waals surface area contributed by atoms with E-state index in [1.54, 1.807) is 0 Å². The van der Waals surface area contributed by atoms with Crippen LogP contribution in [-0.2, 0) is 4.79 Å². The molecule has 4 atom stereocenters. The van der Waals surface area contributed by atoms with Gasteiger partial charge in [-0.1, -0.05) is 23.7 Å². The summed E-state index contributed by atoms with van der Waals surface area (Å²) in [6, 6.07) is 7.46. The van der Waals surface area contributed by atoms with Gasteiger partial charge in [-0.05, 0) is 55.1 Å².